The van der Waals surface area contributed by atoms with Gasteiger partial charge in [-0.15, -0.1) is 0 Å². The van der Waals surface area contributed by atoms with E-state index in [0.29, 0.717) is 17.0 Å². The molecule has 0 N–H and O–H groups in total. The van der Waals surface area contributed by atoms with Crippen molar-refractivity contribution in [3.63, 3.8) is 0 Å². The third kappa shape index (κ3) is 4.72. The van der Waals surface area contributed by atoms with Crippen LogP contribution in [0.2, 0.25) is 0 Å². The fourth-order valence-electron chi connectivity index (χ4n) is 4.95. The van der Waals surface area contributed by atoms with Crippen LogP contribution in [0.4, 0.5) is 4.39 Å². The van der Waals surface area contributed by atoms with Gasteiger partial charge in [0.2, 0.25) is 0 Å². The van der Waals surface area contributed by atoms with Gasteiger partial charge in [0.25, 0.3) is 5.17 Å². The first-order valence-electron chi connectivity index (χ1n) is 10.8. The third-order valence-corrected chi connectivity index (χ3v) is 6.94. The maximum Gasteiger partial charge on any atom is 0.259 e. The Morgan fingerprint density at radius 2 is 2.00 bits per heavy atom. The summed E-state index contributed by atoms with van der Waals surface area (Å²) in [5, 5.41) is 0.564. The summed E-state index contributed by atoms with van der Waals surface area (Å²) in [6.45, 7) is 0. The van der Waals surface area contributed by atoms with Crippen LogP contribution in [0.25, 0.3) is 17.2 Å². The maximum absolute atomic E-state index is 13.5. The van der Waals surface area contributed by atoms with Crippen LogP contribution in [0, 0.1) is 23.6 Å². The Hall–Kier alpha value is -2.27. The van der Waals surface area contributed by atoms with Crippen molar-refractivity contribution in [2.75, 3.05) is 14.1 Å². The lowest BCUT2D eigenvalue weighted by Gasteiger charge is -2.28. The Kier molecular flexibility index (Phi) is 6.47. The Bertz CT molecular complexity index is 912. The molecule has 30 heavy (non-hydrogen) atoms. The summed E-state index contributed by atoms with van der Waals surface area (Å²) in [6.07, 6.45) is 12.6. The summed E-state index contributed by atoms with van der Waals surface area (Å²) in [4.78, 5) is 6.45. The molecule has 0 aliphatic heterocycles. The highest BCUT2D eigenvalue weighted by molar-refractivity contribution is 7.80. The second-order valence-corrected chi connectivity index (χ2v) is 9.03. The molecule has 3 nitrogen and oxygen atoms in total. The molecule has 0 bridgehead atoms. The van der Waals surface area contributed by atoms with Crippen molar-refractivity contribution in [2.45, 2.75) is 38.2 Å². The van der Waals surface area contributed by atoms with E-state index >= 15 is 0 Å². The molecular weight excluding hydrogens is 395 g/mol. The number of rotatable bonds is 4. The van der Waals surface area contributed by atoms with Gasteiger partial charge in [0.05, 0.1) is 5.69 Å². The van der Waals surface area contributed by atoms with Crippen LogP contribution >= 0.6 is 12.2 Å². The van der Waals surface area contributed by atoms with Gasteiger partial charge in [0.1, 0.15) is 11.9 Å². The second kappa shape index (κ2) is 9.25. The number of benzene rings is 1. The molecule has 158 valence electrons. The highest BCUT2D eigenvalue weighted by atomic mass is 32.1. The highest BCUT2D eigenvalue weighted by Crippen LogP contribution is 2.48. The van der Waals surface area contributed by atoms with E-state index in [1.807, 2.05) is 43.4 Å². The number of ether oxygens (including phenoxy) is 1. The number of hydrogen-bond acceptors (Lipinski definition) is 3. The van der Waals surface area contributed by atoms with E-state index in [0.717, 1.165) is 29.2 Å². The minimum atomic E-state index is -0.235. The highest BCUT2D eigenvalue weighted by Gasteiger charge is 2.44. The number of pyridine rings is 1. The van der Waals surface area contributed by atoms with E-state index in [2.05, 4.69) is 17.1 Å². The van der Waals surface area contributed by atoms with E-state index in [1.165, 1.54) is 37.8 Å². The molecule has 2 saturated carbocycles. The summed E-state index contributed by atoms with van der Waals surface area (Å²) in [5.74, 6) is 1.52. The number of nitrogens with zero attached hydrogens (tertiary/aromatic N) is 2. The molecule has 0 amide bonds. The molecule has 1 aromatic heterocycles. The molecule has 2 fully saturated rings. The number of fused-ring (bicyclic) bond motifs is 1. The Balaban J connectivity index is 1.50. The molecule has 2 aliphatic carbocycles. The normalized spacial score (nSPS) is 25.8. The fraction of sp³-hybridized carbons (Fsp3) is 0.440. The molecule has 4 unspecified atom stereocenters. The van der Waals surface area contributed by atoms with Gasteiger partial charge in [-0.2, -0.15) is 0 Å². The van der Waals surface area contributed by atoms with Crippen molar-refractivity contribution in [1.82, 2.24) is 9.88 Å². The van der Waals surface area contributed by atoms with E-state index in [1.54, 1.807) is 6.07 Å². The third-order valence-electron chi connectivity index (χ3n) is 6.48. The molecule has 0 radical (unpaired) electrons. The van der Waals surface area contributed by atoms with Gasteiger partial charge in [0.15, 0.2) is 0 Å². The average Bonchev–Trinajstić information content (AvgIpc) is 3.09. The molecule has 2 aromatic rings. The molecule has 5 heteroatoms. The Morgan fingerprint density at radius 3 is 2.73 bits per heavy atom. The van der Waals surface area contributed by atoms with Crippen LogP contribution < -0.4 is 0 Å². The topological polar surface area (TPSA) is 25.4 Å². The van der Waals surface area contributed by atoms with Gasteiger partial charge >= 0.3 is 0 Å². The number of hydrogen-bond donors (Lipinski definition) is 0. The fourth-order valence-corrected chi connectivity index (χ4v) is 5.07. The van der Waals surface area contributed by atoms with Gasteiger partial charge in [-0.25, -0.2) is 4.39 Å². The first-order valence-corrected chi connectivity index (χ1v) is 11.2. The molecule has 1 aromatic carbocycles. The standard InChI is InChI=1S/C25H29FN2OS/c1-28(2)25(30)29-24-15-18-6-3-4-9-22(18)23(24)13-12-21-11-10-19(16-27-21)17-7-5-8-20(26)14-17/h5,7-8,10-14,16,18,22-24H,3-4,6,9,15H2,1-2H3. The van der Waals surface area contributed by atoms with Crippen molar-refractivity contribution in [1.29, 1.82) is 0 Å². The van der Waals surface area contributed by atoms with Gasteiger partial charge in [0, 0.05) is 31.8 Å². The molecule has 4 atom stereocenters. The van der Waals surface area contributed by atoms with E-state index in [-0.39, 0.29) is 11.9 Å². The average molecular weight is 425 g/mol. The number of thiocarbonyl (C=S) groups is 1. The van der Waals surface area contributed by atoms with E-state index in [9.17, 15) is 4.39 Å². The van der Waals surface area contributed by atoms with Crippen molar-refractivity contribution >= 4 is 23.5 Å². The van der Waals surface area contributed by atoms with Gasteiger partial charge < -0.3 is 9.64 Å². The molecule has 4 rings (SSSR count). The van der Waals surface area contributed by atoms with Crippen molar-refractivity contribution in [2.24, 2.45) is 17.8 Å². The zero-order chi connectivity index (χ0) is 21.1. The van der Waals surface area contributed by atoms with Gasteiger partial charge in [-0.1, -0.05) is 43.5 Å². The second-order valence-electron chi connectivity index (χ2n) is 8.68. The monoisotopic (exact) mass is 424 g/mol. The Morgan fingerprint density at radius 1 is 1.17 bits per heavy atom. The van der Waals surface area contributed by atoms with Crippen LogP contribution in [0.15, 0.2) is 48.7 Å². The molecule has 1 heterocycles. The first-order chi connectivity index (χ1) is 14.5. The number of halogens is 1. The molecule has 0 spiro atoms. The van der Waals surface area contributed by atoms with Crippen LogP contribution in [0.1, 0.15) is 37.8 Å². The predicted octanol–water partition coefficient (Wildman–Crippen LogP) is 5.96. The largest absolute Gasteiger partial charge is 0.467 e. The zero-order valence-electron chi connectivity index (χ0n) is 17.6. The SMILES string of the molecule is CN(C)C(=S)OC1CC2CCCCC2C1C=Cc1ccc(-c2cccc(F)c2)cn1. The lowest BCUT2D eigenvalue weighted by Crippen LogP contribution is -2.30. The van der Waals surface area contributed by atoms with E-state index < -0.39 is 0 Å². The van der Waals surface area contributed by atoms with Crippen LogP contribution in [-0.4, -0.2) is 35.3 Å². The molecular formula is C25H29FN2OS. The summed E-state index contributed by atoms with van der Waals surface area (Å²) in [6, 6.07) is 10.6. The van der Waals surface area contributed by atoms with Crippen LogP contribution in [0.5, 0.6) is 0 Å². The summed E-state index contributed by atoms with van der Waals surface area (Å²) in [7, 11) is 3.86. The van der Waals surface area contributed by atoms with Gasteiger partial charge in [-0.3, -0.25) is 4.98 Å². The van der Waals surface area contributed by atoms with Crippen molar-refractivity contribution in [3.8, 4) is 11.1 Å². The smallest absolute Gasteiger partial charge is 0.259 e. The van der Waals surface area contributed by atoms with Crippen LogP contribution in [0.3, 0.4) is 0 Å². The van der Waals surface area contributed by atoms with E-state index in [4.69, 9.17) is 17.0 Å². The maximum atomic E-state index is 13.5. The number of aromatic nitrogens is 1. The summed E-state index contributed by atoms with van der Waals surface area (Å²) >= 11 is 5.42. The Labute approximate surface area is 184 Å². The minimum absolute atomic E-state index is 0.135. The zero-order valence-corrected chi connectivity index (χ0v) is 18.4. The molecule has 2 aliphatic rings. The lowest BCUT2D eigenvalue weighted by molar-refractivity contribution is 0.137. The van der Waals surface area contributed by atoms with Gasteiger partial charge in [-0.05, 0) is 66.7 Å². The first kappa shape index (κ1) is 21.0. The minimum Gasteiger partial charge on any atom is -0.467 e. The lowest BCUT2D eigenvalue weighted by atomic mass is 9.78. The van der Waals surface area contributed by atoms with Crippen molar-refractivity contribution in [3.05, 3.63) is 60.2 Å². The van der Waals surface area contributed by atoms with Crippen molar-refractivity contribution < 1.29 is 9.13 Å². The summed E-state index contributed by atoms with van der Waals surface area (Å²) < 4.78 is 19.7. The molecule has 0 saturated heterocycles. The quantitative estimate of drug-likeness (QED) is 0.566. The predicted molar refractivity (Wildman–Crippen MR) is 123 cm³/mol. The summed E-state index contributed by atoms with van der Waals surface area (Å²) in [5.41, 5.74) is 2.66. The van der Waals surface area contributed by atoms with Crippen LogP contribution in [-0.2, 0) is 4.74 Å².